The fraction of sp³-hybridized carbons (Fsp3) is 1.00. The molecule has 0 bridgehead atoms. The predicted octanol–water partition coefficient (Wildman–Crippen LogP) is 0.332. The van der Waals surface area contributed by atoms with Crippen LogP contribution in [0.1, 0.15) is 6.92 Å². The summed E-state index contributed by atoms with van der Waals surface area (Å²) in [5.74, 6) is 0. The van der Waals surface area contributed by atoms with Crippen molar-refractivity contribution < 1.29 is 4.48 Å². The molecule has 0 rings (SSSR count). The molecule has 0 atom stereocenters. The lowest BCUT2D eigenvalue weighted by Crippen LogP contribution is -2.33. The molecule has 0 saturated heterocycles. The molecular weight excluding hydrogens is 84.9 g/mol. The van der Waals surface area contributed by atoms with Crippen LogP contribution in [0.2, 0.25) is 0 Å². The van der Waals surface area contributed by atoms with E-state index in [2.05, 4.69) is 28.1 Å². The predicted molar refractivity (Wildman–Crippen MR) is 34.3 cm³/mol. The van der Waals surface area contributed by atoms with Crippen molar-refractivity contribution in [2.75, 3.05) is 27.7 Å². The minimum atomic E-state index is 0. The highest BCUT2D eigenvalue weighted by molar-refractivity contribution is 5.75. The molecule has 3 radical (unpaired) electrons. The van der Waals surface area contributed by atoms with Crippen LogP contribution in [0.5, 0.6) is 0 Å². The molecule has 0 aromatic carbocycles. The maximum absolute atomic E-state index is 2.18. The summed E-state index contributed by atoms with van der Waals surface area (Å²) in [6.45, 7) is 3.39. The van der Waals surface area contributed by atoms with E-state index in [4.69, 9.17) is 0 Å². The monoisotopic (exact) mass is 99.1 g/mol. The molecule has 0 aromatic rings. The van der Waals surface area contributed by atoms with E-state index in [1.54, 1.807) is 0 Å². The fourth-order valence-electron chi connectivity index (χ4n) is 0. The van der Waals surface area contributed by atoms with Crippen LogP contribution in [-0.4, -0.2) is 40.6 Å². The molecule has 0 unspecified atom stereocenters. The third-order valence-electron chi connectivity index (χ3n) is 0.949. The minimum absolute atomic E-state index is 0. The van der Waals surface area contributed by atoms with E-state index in [0.29, 0.717) is 0 Å². The molecular formula is C5H14BN+. The van der Waals surface area contributed by atoms with Crippen LogP contribution in [0, 0.1) is 0 Å². The summed E-state index contributed by atoms with van der Waals surface area (Å²) in [6.07, 6.45) is 0. The molecule has 2 heteroatoms. The van der Waals surface area contributed by atoms with Crippen molar-refractivity contribution in [1.29, 1.82) is 0 Å². The van der Waals surface area contributed by atoms with Crippen LogP contribution in [0.4, 0.5) is 0 Å². The van der Waals surface area contributed by atoms with Gasteiger partial charge in [0.1, 0.15) is 0 Å². The number of nitrogens with zero attached hydrogens (tertiary/aromatic N) is 1. The molecule has 0 aromatic heterocycles. The third-order valence-corrected chi connectivity index (χ3v) is 0.949. The number of hydrogen-bond acceptors (Lipinski definition) is 0. The molecule has 0 heterocycles. The number of rotatable bonds is 1. The third kappa shape index (κ3) is 10.7. The van der Waals surface area contributed by atoms with Gasteiger partial charge in [-0.1, -0.05) is 0 Å². The molecule has 0 saturated carbocycles. The normalized spacial score (nSPS) is 10.3. The van der Waals surface area contributed by atoms with Gasteiger partial charge in [0, 0.05) is 8.41 Å². The lowest BCUT2D eigenvalue weighted by atomic mass is 10.6. The highest BCUT2D eigenvalue weighted by atomic mass is 15.3. The van der Waals surface area contributed by atoms with Crippen molar-refractivity contribution in [3.63, 3.8) is 0 Å². The van der Waals surface area contributed by atoms with Crippen molar-refractivity contribution in [3.8, 4) is 0 Å². The molecule has 0 fully saturated rings. The molecule has 0 aliphatic heterocycles. The topological polar surface area (TPSA) is 0 Å². The fourth-order valence-corrected chi connectivity index (χ4v) is 0. The zero-order chi connectivity index (χ0) is 5.21. The SMILES string of the molecule is CC[N+](C)(C)C.[B]. The van der Waals surface area contributed by atoms with E-state index in [9.17, 15) is 0 Å². The maximum Gasteiger partial charge on any atom is 0.0751 e. The van der Waals surface area contributed by atoms with Gasteiger partial charge in [-0.15, -0.1) is 0 Å². The Morgan fingerprint density at radius 2 is 1.29 bits per heavy atom. The Bertz CT molecular complexity index is 37.8. The Morgan fingerprint density at radius 3 is 1.29 bits per heavy atom. The second-order valence-electron chi connectivity index (χ2n) is 2.61. The Labute approximate surface area is 48.5 Å². The Kier molecular flexibility index (Phi) is 4.45. The van der Waals surface area contributed by atoms with Crippen LogP contribution < -0.4 is 0 Å². The highest BCUT2D eigenvalue weighted by Gasteiger charge is 1.97. The number of hydrogen-bond donors (Lipinski definition) is 0. The Hall–Kier alpha value is 0.0249. The van der Waals surface area contributed by atoms with Crippen molar-refractivity contribution in [2.24, 2.45) is 0 Å². The van der Waals surface area contributed by atoms with E-state index < -0.39 is 0 Å². The molecule has 41 valence electrons. The van der Waals surface area contributed by atoms with Crippen molar-refractivity contribution >= 4 is 8.41 Å². The van der Waals surface area contributed by atoms with Gasteiger partial charge in [0.25, 0.3) is 0 Å². The van der Waals surface area contributed by atoms with Gasteiger partial charge >= 0.3 is 0 Å². The summed E-state index contributed by atoms with van der Waals surface area (Å²) in [7, 11) is 6.54. The van der Waals surface area contributed by atoms with Gasteiger partial charge in [-0.25, -0.2) is 0 Å². The molecule has 0 aliphatic carbocycles. The quantitative estimate of drug-likeness (QED) is 0.328. The van der Waals surface area contributed by atoms with Gasteiger partial charge in [-0.3, -0.25) is 0 Å². The van der Waals surface area contributed by atoms with Crippen molar-refractivity contribution in [3.05, 3.63) is 0 Å². The standard InChI is InChI=1S/C5H14N.B/c1-5-6(2,3)4;/h5H2,1-4H3;/q+1;. The molecule has 0 spiro atoms. The van der Waals surface area contributed by atoms with Gasteiger partial charge in [0.15, 0.2) is 0 Å². The average Bonchev–Trinajstić information content (AvgIpc) is 1.35. The lowest BCUT2D eigenvalue weighted by Gasteiger charge is -2.20. The van der Waals surface area contributed by atoms with Crippen LogP contribution in [0.3, 0.4) is 0 Å². The molecule has 0 N–H and O–H groups in total. The smallest absolute Gasteiger partial charge is 0.0751 e. The van der Waals surface area contributed by atoms with Crippen molar-refractivity contribution in [1.82, 2.24) is 0 Å². The molecule has 0 amide bonds. The Balaban J connectivity index is 0. The molecule has 0 aliphatic rings. The second kappa shape index (κ2) is 3.08. The summed E-state index contributed by atoms with van der Waals surface area (Å²) in [5.41, 5.74) is 0. The lowest BCUT2D eigenvalue weighted by molar-refractivity contribution is -0.868. The van der Waals surface area contributed by atoms with Crippen LogP contribution in [-0.2, 0) is 0 Å². The summed E-state index contributed by atoms with van der Waals surface area (Å²) < 4.78 is 1.07. The summed E-state index contributed by atoms with van der Waals surface area (Å²) >= 11 is 0. The van der Waals surface area contributed by atoms with Gasteiger partial charge < -0.3 is 4.48 Å². The molecule has 1 nitrogen and oxygen atoms in total. The van der Waals surface area contributed by atoms with Gasteiger partial charge in [-0.2, -0.15) is 0 Å². The summed E-state index contributed by atoms with van der Waals surface area (Å²) in [5, 5.41) is 0. The van der Waals surface area contributed by atoms with Crippen LogP contribution in [0.15, 0.2) is 0 Å². The zero-order valence-electron chi connectivity index (χ0n) is 5.73. The summed E-state index contributed by atoms with van der Waals surface area (Å²) in [6, 6.07) is 0. The van der Waals surface area contributed by atoms with Crippen LogP contribution in [0.25, 0.3) is 0 Å². The van der Waals surface area contributed by atoms with E-state index in [1.807, 2.05) is 0 Å². The second-order valence-corrected chi connectivity index (χ2v) is 2.61. The minimum Gasteiger partial charge on any atom is -0.331 e. The van der Waals surface area contributed by atoms with E-state index in [0.717, 1.165) is 4.48 Å². The summed E-state index contributed by atoms with van der Waals surface area (Å²) in [4.78, 5) is 0. The van der Waals surface area contributed by atoms with E-state index >= 15 is 0 Å². The first kappa shape index (κ1) is 10.1. The molecule has 7 heavy (non-hydrogen) atoms. The average molecular weight is 99.0 g/mol. The van der Waals surface area contributed by atoms with Crippen molar-refractivity contribution in [2.45, 2.75) is 6.92 Å². The number of quaternary nitrogens is 1. The Morgan fingerprint density at radius 1 is 1.14 bits per heavy atom. The van der Waals surface area contributed by atoms with E-state index in [-0.39, 0.29) is 8.41 Å². The van der Waals surface area contributed by atoms with Crippen LogP contribution >= 0.6 is 0 Å². The van der Waals surface area contributed by atoms with Gasteiger partial charge in [-0.05, 0) is 6.92 Å². The first-order chi connectivity index (χ1) is 2.56. The van der Waals surface area contributed by atoms with Gasteiger partial charge in [0.05, 0.1) is 27.7 Å². The maximum atomic E-state index is 2.18. The van der Waals surface area contributed by atoms with E-state index in [1.165, 1.54) is 6.54 Å². The van der Waals surface area contributed by atoms with Gasteiger partial charge in [0.2, 0.25) is 0 Å². The first-order valence-corrected chi connectivity index (χ1v) is 2.36. The first-order valence-electron chi connectivity index (χ1n) is 2.36. The largest absolute Gasteiger partial charge is 0.331 e. The highest BCUT2D eigenvalue weighted by Crippen LogP contribution is 1.83. The zero-order valence-corrected chi connectivity index (χ0v) is 5.73.